The molecule has 12 aromatic carbocycles. The summed E-state index contributed by atoms with van der Waals surface area (Å²) in [5, 5.41) is 10.6. The van der Waals surface area contributed by atoms with Gasteiger partial charge in [-0.1, -0.05) is 237 Å². The van der Waals surface area contributed by atoms with Gasteiger partial charge in [0.25, 0.3) is 0 Å². The van der Waals surface area contributed by atoms with Crippen molar-refractivity contribution < 1.29 is 0 Å². The van der Waals surface area contributed by atoms with E-state index in [2.05, 4.69) is 300 Å². The first kappa shape index (κ1) is 43.8. The summed E-state index contributed by atoms with van der Waals surface area (Å²) in [6.07, 6.45) is 0. The summed E-state index contributed by atoms with van der Waals surface area (Å²) in [5.74, 6) is 0.0903. The van der Waals surface area contributed by atoms with Crippen molar-refractivity contribution in [3.05, 3.63) is 325 Å². The first-order chi connectivity index (χ1) is 38.3. The summed E-state index contributed by atoms with van der Waals surface area (Å²) >= 11 is 0. The molecule has 0 radical (unpaired) electrons. The fourth-order valence-electron chi connectivity index (χ4n) is 14.2. The van der Waals surface area contributed by atoms with E-state index in [1.807, 2.05) is 0 Å². The average molecular weight is 995 g/mol. The maximum atomic E-state index is 2.53. The van der Waals surface area contributed by atoms with Crippen LogP contribution in [0.3, 0.4) is 0 Å². The Morgan fingerprint density at radius 3 is 1.31 bits per heavy atom. The number of para-hydroxylation sites is 4. The molecule has 0 aliphatic heterocycles. The van der Waals surface area contributed by atoms with Crippen LogP contribution < -0.4 is 20.7 Å². The van der Waals surface area contributed by atoms with Gasteiger partial charge in [-0.2, -0.15) is 0 Å². The van der Waals surface area contributed by atoms with E-state index in [0.29, 0.717) is 0 Å². The van der Waals surface area contributed by atoms with Gasteiger partial charge in [0.1, 0.15) is 0 Å². The Morgan fingerprint density at radius 1 is 0.273 bits per heavy atom. The fourth-order valence-corrected chi connectivity index (χ4v) is 19.3. The van der Waals surface area contributed by atoms with Crippen LogP contribution in [0.15, 0.2) is 291 Å². The van der Waals surface area contributed by atoms with Crippen molar-refractivity contribution in [2.24, 2.45) is 0 Å². The molecule has 3 aliphatic carbocycles. The second-order valence-electron chi connectivity index (χ2n) is 21.0. The first-order valence-corrected chi connectivity index (χ1v) is 29.0. The van der Waals surface area contributed by atoms with Crippen LogP contribution in [0, 0.1) is 0 Å². The molecule has 2 heterocycles. The monoisotopic (exact) mass is 994 g/mol. The third kappa shape index (κ3) is 6.35. The van der Waals surface area contributed by atoms with E-state index in [0.717, 1.165) is 0 Å². The van der Waals surface area contributed by atoms with Crippen molar-refractivity contribution in [2.75, 3.05) is 0 Å². The van der Waals surface area contributed by atoms with Gasteiger partial charge in [0.2, 0.25) is 0 Å². The average Bonchev–Trinajstić information content (AvgIpc) is 4.12. The standard InChI is InChI=1S/C74H50N2Si/c1-5-23-51(24-6-1)75-65-39-18-16-32-56(65)63-47-49(43-45-68(63)75)50-44-46-69-64(48-50)57-33-17-20-41-67(57)76(69)66-40-19-15-31-55(66)58-36-21-37-61-71-59-34-13-14-35-60(59)74(72(58)61)73-62(71)38-22-42-70(73)77(52-25-7-2-8-26-52,53-27-9-3-10-28-53)54-29-11-4-12-30-54/h1-48,71,74H. The van der Waals surface area contributed by atoms with Crippen LogP contribution in [0.5, 0.6) is 0 Å². The van der Waals surface area contributed by atoms with Gasteiger partial charge in [-0.3, -0.25) is 0 Å². The molecule has 17 rings (SSSR count). The lowest BCUT2D eigenvalue weighted by atomic mass is 9.60. The Balaban J connectivity index is 0.901. The zero-order valence-electron chi connectivity index (χ0n) is 42.3. The topological polar surface area (TPSA) is 9.86 Å². The van der Waals surface area contributed by atoms with Gasteiger partial charge in [0, 0.05) is 44.6 Å². The molecule has 0 fully saturated rings. The second-order valence-corrected chi connectivity index (χ2v) is 24.8. The second kappa shape index (κ2) is 17.3. The highest BCUT2D eigenvalue weighted by atomic mass is 28.3. The molecule has 14 aromatic rings. The molecule has 0 saturated carbocycles. The van der Waals surface area contributed by atoms with Gasteiger partial charge < -0.3 is 9.13 Å². The van der Waals surface area contributed by atoms with Crippen LogP contribution in [0.2, 0.25) is 0 Å². The maximum absolute atomic E-state index is 2.95. The summed E-state index contributed by atoms with van der Waals surface area (Å²) in [7, 11) is -2.95. The summed E-state index contributed by atoms with van der Waals surface area (Å²) in [6.45, 7) is 0. The van der Waals surface area contributed by atoms with Gasteiger partial charge >= 0.3 is 0 Å². The Labute approximate surface area is 449 Å². The molecule has 360 valence electrons. The molecule has 77 heavy (non-hydrogen) atoms. The van der Waals surface area contributed by atoms with Crippen LogP contribution >= 0.6 is 0 Å². The lowest BCUT2D eigenvalue weighted by Crippen LogP contribution is -2.75. The number of hydrogen-bond acceptors (Lipinski definition) is 0. The van der Waals surface area contributed by atoms with Crippen LogP contribution in [0.4, 0.5) is 0 Å². The van der Waals surface area contributed by atoms with Crippen LogP contribution in [-0.4, -0.2) is 17.2 Å². The Morgan fingerprint density at radius 2 is 0.701 bits per heavy atom. The van der Waals surface area contributed by atoms with E-state index in [-0.39, 0.29) is 11.8 Å². The number of aromatic nitrogens is 2. The van der Waals surface area contributed by atoms with Gasteiger partial charge in [0.05, 0.1) is 27.8 Å². The Kier molecular flexibility index (Phi) is 9.82. The zero-order chi connectivity index (χ0) is 50.6. The first-order valence-electron chi connectivity index (χ1n) is 27.0. The lowest BCUT2D eigenvalue weighted by Gasteiger charge is -2.47. The van der Waals surface area contributed by atoms with E-state index < -0.39 is 8.07 Å². The van der Waals surface area contributed by atoms with Crippen LogP contribution in [-0.2, 0) is 0 Å². The summed E-state index contributed by atoms with van der Waals surface area (Å²) in [4.78, 5) is 0. The molecular weight excluding hydrogens is 945 g/mol. The number of benzene rings is 12. The number of nitrogens with zero attached hydrogens (tertiary/aromatic N) is 2. The lowest BCUT2D eigenvalue weighted by molar-refractivity contribution is 0.760. The van der Waals surface area contributed by atoms with E-state index in [4.69, 9.17) is 0 Å². The van der Waals surface area contributed by atoms with Crippen molar-refractivity contribution in [3.63, 3.8) is 0 Å². The molecule has 3 heteroatoms. The van der Waals surface area contributed by atoms with Crippen molar-refractivity contribution in [1.82, 2.24) is 9.13 Å². The molecule has 2 nitrogen and oxygen atoms in total. The SMILES string of the molecule is c1ccc(-n2c3ccccc3c3cc(-c4ccc5c(c4)c4ccccc4n5-c4ccccc4-c4cccc5c4C4c6ccccc6C5c5cccc([Si](c6ccccc6)(c6ccccc6)c6ccccc6)c54)ccc32)cc1. The quantitative estimate of drug-likeness (QED) is 0.106. The van der Waals surface area contributed by atoms with Gasteiger partial charge in [0.15, 0.2) is 8.07 Å². The largest absolute Gasteiger partial charge is 0.309 e. The molecule has 2 unspecified atom stereocenters. The summed E-state index contributed by atoms with van der Waals surface area (Å²) in [5.41, 5.74) is 20.7. The van der Waals surface area contributed by atoms with Crippen molar-refractivity contribution in [1.29, 1.82) is 0 Å². The van der Waals surface area contributed by atoms with Gasteiger partial charge in [-0.05, 0) is 125 Å². The molecule has 0 amide bonds. The molecule has 3 aliphatic rings. The van der Waals surface area contributed by atoms with E-state index in [1.165, 1.54) is 131 Å². The van der Waals surface area contributed by atoms with Gasteiger partial charge in [-0.25, -0.2) is 0 Å². The van der Waals surface area contributed by atoms with Gasteiger partial charge in [-0.15, -0.1) is 0 Å². The maximum Gasteiger partial charge on any atom is 0.179 e. The third-order valence-corrected chi connectivity index (χ3v) is 22.1. The Bertz CT molecular complexity index is 4530. The highest BCUT2D eigenvalue weighted by Crippen LogP contribution is 2.58. The van der Waals surface area contributed by atoms with E-state index >= 15 is 0 Å². The highest BCUT2D eigenvalue weighted by molar-refractivity contribution is 7.20. The van der Waals surface area contributed by atoms with Crippen molar-refractivity contribution in [3.8, 4) is 33.6 Å². The predicted octanol–water partition coefficient (Wildman–Crippen LogP) is 15.6. The van der Waals surface area contributed by atoms with E-state index in [1.54, 1.807) is 0 Å². The fraction of sp³-hybridized carbons (Fsp3) is 0.0270. The molecule has 0 saturated heterocycles. The summed E-state index contributed by atoms with van der Waals surface area (Å²) < 4.78 is 4.93. The molecule has 0 N–H and O–H groups in total. The van der Waals surface area contributed by atoms with E-state index in [9.17, 15) is 0 Å². The zero-order valence-corrected chi connectivity index (χ0v) is 43.3. The number of rotatable bonds is 8. The normalized spacial score (nSPS) is 14.5. The minimum atomic E-state index is -2.95. The molecule has 2 bridgehead atoms. The molecule has 2 atom stereocenters. The minimum Gasteiger partial charge on any atom is -0.309 e. The Hall–Kier alpha value is -9.54. The summed E-state index contributed by atoms with van der Waals surface area (Å²) in [6, 6.07) is 110. The molecule has 0 spiro atoms. The highest BCUT2D eigenvalue weighted by Gasteiger charge is 2.49. The smallest absolute Gasteiger partial charge is 0.179 e. The van der Waals surface area contributed by atoms with Crippen LogP contribution in [0.25, 0.3) is 77.2 Å². The molecular formula is C74H50N2Si. The predicted molar refractivity (Wildman–Crippen MR) is 324 cm³/mol. The van der Waals surface area contributed by atoms with Crippen molar-refractivity contribution in [2.45, 2.75) is 11.8 Å². The minimum absolute atomic E-state index is 0.00411. The van der Waals surface area contributed by atoms with Crippen molar-refractivity contribution >= 4 is 72.4 Å². The molecule has 2 aromatic heterocycles. The third-order valence-electron chi connectivity index (χ3n) is 17.2. The number of fused-ring (bicyclic) bond motifs is 6. The van der Waals surface area contributed by atoms with Crippen LogP contribution in [0.1, 0.15) is 45.2 Å². The number of hydrogen-bond donors (Lipinski definition) is 0.